The van der Waals surface area contributed by atoms with E-state index in [4.69, 9.17) is 32.5 Å². The predicted molar refractivity (Wildman–Crippen MR) is 81.2 cm³/mol. The summed E-state index contributed by atoms with van der Waals surface area (Å²) in [5, 5.41) is 9.07. The van der Waals surface area contributed by atoms with E-state index in [0.29, 0.717) is 31.0 Å². The van der Waals surface area contributed by atoms with Gasteiger partial charge in [-0.25, -0.2) is 0 Å². The number of hydrogen-bond acceptors (Lipinski definition) is 5. The van der Waals surface area contributed by atoms with Crippen molar-refractivity contribution in [1.82, 2.24) is 4.90 Å². The standard InChI is InChI=1S/C14H18N2O4S/c15-14(21)11-3-1-2-4-12(11)20-9-13(18)16-5-6-19-10(7-16)8-17/h1-4,10,17H,5-9H2,(H2,15,21). The van der Waals surface area contributed by atoms with Gasteiger partial charge in [0, 0.05) is 13.1 Å². The highest BCUT2D eigenvalue weighted by molar-refractivity contribution is 7.80. The zero-order chi connectivity index (χ0) is 15.2. The molecule has 2 rings (SSSR count). The molecule has 1 heterocycles. The molecule has 1 unspecified atom stereocenters. The van der Waals surface area contributed by atoms with Crippen LogP contribution in [-0.4, -0.2) is 59.9 Å². The van der Waals surface area contributed by atoms with E-state index in [1.807, 2.05) is 0 Å². The molecule has 1 aromatic rings. The molecule has 0 spiro atoms. The van der Waals surface area contributed by atoms with E-state index in [-0.39, 0.29) is 30.2 Å². The molecule has 1 amide bonds. The second kappa shape index (κ2) is 7.35. The minimum absolute atomic E-state index is 0.0994. The first-order chi connectivity index (χ1) is 10.1. The molecule has 1 aliphatic rings. The maximum absolute atomic E-state index is 12.1. The van der Waals surface area contributed by atoms with Crippen molar-refractivity contribution in [1.29, 1.82) is 0 Å². The molecular formula is C14H18N2O4S. The van der Waals surface area contributed by atoms with Crippen LogP contribution in [0, 0.1) is 0 Å². The van der Waals surface area contributed by atoms with E-state index < -0.39 is 0 Å². The summed E-state index contributed by atoms with van der Waals surface area (Å²) in [5.74, 6) is 0.333. The molecule has 7 heteroatoms. The Hall–Kier alpha value is -1.70. The summed E-state index contributed by atoms with van der Waals surface area (Å²) >= 11 is 4.94. The minimum atomic E-state index is -0.327. The number of benzene rings is 1. The third-order valence-electron chi connectivity index (χ3n) is 3.20. The smallest absolute Gasteiger partial charge is 0.260 e. The van der Waals surface area contributed by atoms with Gasteiger partial charge in [0.1, 0.15) is 10.7 Å². The quantitative estimate of drug-likeness (QED) is 0.740. The van der Waals surface area contributed by atoms with Crippen LogP contribution in [0.5, 0.6) is 5.75 Å². The summed E-state index contributed by atoms with van der Waals surface area (Å²) in [6.07, 6.45) is -0.327. The zero-order valence-electron chi connectivity index (χ0n) is 11.5. The van der Waals surface area contributed by atoms with Gasteiger partial charge in [-0.1, -0.05) is 24.4 Å². The average Bonchev–Trinajstić information content (AvgIpc) is 2.52. The Kier molecular flexibility index (Phi) is 5.49. The Morgan fingerprint density at radius 2 is 2.29 bits per heavy atom. The van der Waals surface area contributed by atoms with Crippen molar-refractivity contribution in [2.75, 3.05) is 32.9 Å². The molecular weight excluding hydrogens is 292 g/mol. The number of carbonyl (C=O) groups excluding carboxylic acids is 1. The minimum Gasteiger partial charge on any atom is -0.483 e. The number of nitrogens with two attached hydrogens (primary N) is 1. The topological polar surface area (TPSA) is 85.0 Å². The van der Waals surface area contributed by atoms with Crippen molar-refractivity contribution in [3.8, 4) is 5.75 Å². The van der Waals surface area contributed by atoms with Crippen molar-refractivity contribution in [3.05, 3.63) is 29.8 Å². The van der Waals surface area contributed by atoms with Crippen LogP contribution in [0.4, 0.5) is 0 Å². The van der Waals surface area contributed by atoms with Crippen molar-refractivity contribution in [3.63, 3.8) is 0 Å². The number of carbonyl (C=O) groups is 1. The van der Waals surface area contributed by atoms with Gasteiger partial charge in [0.15, 0.2) is 6.61 Å². The molecule has 0 aromatic heterocycles. The fourth-order valence-electron chi connectivity index (χ4n) is 2.08. The van der Waals surface area contributed by atoms with E-state index >= 15 is 0 Å². The number of thiocarbonyl (C=S) groups is 1. The molecule has 6 nitrogen and oxygen atoms in total. The maximum atomic E-state index is 12.1. The molecule has 1 fully saturated rings. The number of morpholine rings is 1. The third-order valence-corrected chi connectivity index (χ3v) is 3.42. The fourth-order valence-corrected chi connectivity index (χ4v) is 2.25. The molecule has 1 aromatic carbocycles. The lowest BCUT2D eigenvalue weighted by Crippen LogP contribution is -2.48. The second-order valence-electron chi connectivity index (χ2n) is 4.66. The van der Waals surface area contributed by atoms with Crippen molar-refractivity contribution < 1.29 is 19.4 Å². The van der Waals surface area contributed by atoms with Crippen LogP contribution in [0.1, 0.15) is 5.56 Å². The molecule has 0 aliphatic carbocycles. The Balaban J connectivity index is 1.94. The number of nitrogens with zero attached hydrogens (tertiary/aromatic N) is 1. The number of ether oxygens (including phenoxy) is 2. The van der Waals surface area contributed by atoms with E-state index in [1.165, 1.54) is 0 Å². The van der Waals surface area contributed by atoms with Crippen LogP contribution in [0.3, 0.4) is 0 Å². The van der Waals surface area contributed by atoms with E-state index in [9.17, 15) is 4.79 Å². The number of para-hydroxylation sites is 1. The van der Waals surface area contributed by atoms with Gasteiger partial charge in [0.25, 0.3) is 5.91 Å². The van der Waals surface area contributed by atoms with Crippen molar-refractivity contribution in [2.24, 2.45) is 5.73 Å². The number of aliphatic hydroxyl groups excluding tert-OH is 1. The van der Waals surface area contributed by atoms with Gasteiger partial charge in [-0.3, -0.25) is 4.79 Å². The van der Waals surface area contributed by atoms with Gasteiger partial charge < -0.3 is 25.2 Å². The highest BCUT2D eigenvalue weighted by atomic mass is 32.1. The summed E-state index contributed by atoms with van der Waals surface area (Å²) in [6, 6.07) is 7.06. The Morgan fingerprint density at radius 3 is 3.00 bits per heavy atom. The van der Waals surface area contributed by atoms with E-state index in [1.54, 1.807) is 29.2 Å². The summed E-state index contributed by atoms with van der Waals surface area (Å²) in [4.78, 5) is 14.0. The Bertz CT molecular complexity index is 523. The number of amides is 1. The fraction of sp³-hybridized carbons (Fsp3) is 0.429. The van der Waals surface area contributed by atoms with Crippen LogP contribution < -0.4 is 10.5 Å². The van der Waals surface area contributed by atoms with Gasteiger partial charge in [-0.15, -0.1) is 0 Å². The van der Waals surface area contributed by atoms with Gasteiger partial charge in [0.05, 0.1) is 24.9 Å². The molecule has 0 bridgehead atoms. The lowest BCUT2D eigenvalue weighted by molar-refractivity contribution is -0.142. The summed E-state index contributed by atoms with van der Waals surface area (Å²) in [6.45, 7) is 1.08. The van der Waals surface area contributed by atoms with Crippen LogP contribution in [0.2, 0.25) is 0 Å². The van der Waals surface area contributed by atoms with Gasteiger partial charge in [-0.05, 0) is 12.1 Å². The number of rotatable bonds is 5. The monoisotopic (exact) mass is 310 g/mol. The Labute approximate surface area is 128 Å². The molecule has 0 radical (unpaired) electrons. The number of aliphatic hydroxyl groups is 1. The van der Waals surface area contributed by atoms with Crippen molar-refractivity contribution in [2.45, 2.75) is 6.10 Å². The van der Waals surface area contributed by atoms with E-state index in [0.717, 1.165) is 0 Å². The lowest BCUT2D eigenvalue weighted by Gasteiger charge is -2.32. The average molecular weight is 310 g/mol. The van der Waals surface area contributed by atoms with Gasteiger partial charge >= 0.3 is 0 Å². The molecule has 1 aliphatic heterocycles. The highest BCUT2D eigenvalue weighted by Gasteiger charge is 2.24. The highest BCUT2D eigenvalue weighted by Crippen LogP contribution is 2.18. The first kappa shape index (κ1) is 15.7. The SMILES string of the molecule is NC(=S)c1ccccc1OCC(=O)N1CCOC(CO)C1. The first-order valence-corrected chi connectivity index (χ1v) is 7.04. The molecule has 1 saturated heterocycles. The normalized spacial score (nSPS) is 18.3. The molecule has 1 atom stereocenters. The summed E-state index contributed by atoms with van der Waals surface area (Å²) < 4.78 is 10.8. The predicted octanol–water partition coefficient (Wildman–Crippen LogP) is -0.0807. The third kappa shape index (κ3) is 4.13. The molecule has 3 N–H and O–H groups in total. The lowest BCUT2D eigenvalue weighted by atomic mass is 10.2. The van der Waals surface area contributed by atoms with Crippen LogP contribution >= 0.6 is 12.2 Å². The van der Waals surface area contributed by atoms with E-state index in [2.05, 4.69) is 0 Å². The van der Waals surface area contributed by atoms with Gasteiger partial charge in [0.2, 0.25) is 0 Å². The zero-order valence-corrected chi connectivity index (χ0v) is 12.3. The second-order valence-corrected chi connectivity index (χ2v) is 5.10. The van der Waals surface area contributed by atoms with Crippen LogP contribution in [0.15, 0.2) is 24.3 Å². The Morgan fingerprint density at radius 1 is 1.52 bits per heavy atom. The molecule has 114 valence electrons. The summed E-state index contributed by atoms with van der Waals surface area (Å²) in [7, 11) is 0. The first-order valence-electron chi connectivity index (χ1n) is 6.63. The largest absolute Gasteiger partial charge is 0.483 e. The van der Waals surface area contributed by atoms with Crippen LogP contribution in [-0.2, 0) is 9.53 Å². The van der Waals surface area contributed by atoms with Crippen molar-refractivity contribution >= 4 is 23.1 Å². The van der Waals surface area contributed by atoms with Gasteiger partial charge in [-0.2, -0.15) is 0 Å². The summed E-state index contributed by atoms with van der Waals surface area (Å²) in [5.41, 5.74) is 6.22. The number of hydrogen-bond donors (Lipinski definition) is 2. The molecule has 0 saturated carbocycles. The maximum Gasteiger partial charge on any atom is 0.260 e. The molecule has 21 heavy (non-hydrogen) atoms. The van der Waals surface area contributed by atoms with Crippen LogP contribution in [0.25, 0.3) is 0 Å².